The Labute approximate surface area is 89.0 Å². The van der Waals surface area contributed by atoms with Gasteiger partial charge in [0.25, 0.3) is 0 Å². The Balaban J connectivity index is 2.42. The number of carbonyl (C=O) groups is 2. The summed E-state index contributed by atoms with van der Waals surface area (Å²) < 4.78 is 5.05. The number of ketones is 1. The maximum absolute atomic E-state index is 11.5. The van der Waals surface area contributed by atoms with Crippen molar-refractivity contribution in [2.45, 2.75) is 31.6 Å². The molecule has 0 aromatic carbocycles. The third-order valence-corrected chi connectivity index (χ3v) is 2.01. The molecule has 0 unspecified atom stereocenters. The molecule has 1 heterocycles. The molecule has 0 spiro atoms. The van der Waals surface area contributed by atoms with Crippen LogP contribution in [0.25, 0.3) is 0 Å². The van der Waals surface area contributed by atoms with Crippen molar-refractivity contribution in [2.75, 3.05) is 13.1 Å². The highest BCUT2D eigenvalue weighted by Gasteiger charge is 2.25. The van der Waals surface area contributed by atoms with Gasteiger partial charge in [-0.15, -0.1) is 12.6 Å². The molecular formula is C9H15NO3S. The summed E-state index contributed by atoms with van der Waals surface area (Å²) >= 11 is 4.09. The molecule has 1 aliphatic rings. The van der Waals surface area contributed by atoms with Crippen LogP contribution in [0.3, 0.4) is 0 Å². The molecule has 1 aliphatic heterocycles. The molecule has 80 valence electrons. The maximum Gasteiger partial charge on any atom is 0.411 e. The summed E-state index contributed by atoms with van der Waals surface area (Å²) in [5.41, 5.74) is 0. The van der Waals surface area contributed by atoms with E-state index in [0.717, 1.165) is 0 Å². The van der Waals surface area contributed by atoms with Gasteiger partial charge in [0.2, 0.25) is 0 Å². The van der Waals surface area contributed by atoms with Crippen LogP contribution < -0.4 is 0 Å². The number of likely N-dealkylation sites (tertiary alicyclic amines) is 1. The van der Waals surface area contributed by atoms with Crippen molar-refractivity contribution in [3.63, 3.8) is 0 Å². The van der Waals surface area contributed by atoms with Gasteiger partial charge in [0, 0.05) is 25.9 Å². The van der Waals surface area contributed by atoms with Gasteiger partial charge in [-0.1, -0.05) is 0 Å². The zero-order chi connectivity index (χ0) is 10.8. The van der Waals surface area contributed by atoms with Gasteiger partial charge in [0.05, 0.1) is 0 Å². The van der Waals surface area contributed by atoms with Gasteiger partial charge in [0.15, 0.2) is 4.93 Å². The Hall–Kier alpha value is -0.710. The summed E-state index contributed by atoms with van der Waals surface area (Å²) in [6, 6.07) is 0. The topological polar surface area (TPSA) is 46.6 Å². The monoisotopic (exact) mass is 217 g/mol. The minimum Gasteiger partial charge on any atom is -0.433 e. The SMILES string of the molecule is CC(C)(S)OC(=O)N1CCC(=O)CC1. The van der Waals surface area contributed by atoms with E-state index in [1.165, 1.54) is 0 Å². The molecule has 0 radical (unpaired) electrons. The standard InChI is InChI=1S/C9H15NO3S/c1-9(2,14)13-8(12)10-5-3-7(11)4-6-10/h14H,3-6H2,1-2H3. The fraction of sp³-hybridized carbons (Fsp3) is 0.778. The number of nitrogens with zero attached hydrogens (tertiary/aromatic N) is 1. The predicted molar refractivity (Wildman–Crippen MR) is 55.4 cm³/mol. The van der Waals surface area contributed by atoms with E-state index in [9.17, 15) is 9.59 Å². The number of thiol groups is 1. The highest BCUT2D eigenvalue weighted by molar-refractivity contribution is 7.81. The van der Waals surface area contributed by atoms with Crippen molar-refractivity contribution in [3.8, 4) is 0 Å². The molecule has 1 saturated heterocycles. The van der Waals surface area contributed by atoms with Gasteiger partial charge >= 0.3 is 6.09 Å². The van der Waals surface area contributed by atoms with E-state index in [-0.39, 0.29) is 5.78 Å². The third-order valence-electron chi connectivity index (χ3n) is 1.92. The maximum atomic E-state index is 11.5. The van der Waals surface area contributed by atoms with Crippen molar-refractivity contribution in [1.82, 2.24) is 4.90 Å². The molecule has 14 heavy (non-hydrogen) atoms. The highest BCUT2D eigenvalue weighted by atomic mass is 32.1. The summed E-state index contributed by atoms with van der Waals surface area (Å²) in [6.07, 6.45) is 0.474. The lowest BCUT2D eigenvalue weighted by atomic mass is 10.1. The van der Waals surface area contributed by atoms with Crippen molar-refractivity contribution in [2.24, 2.45) is 0 Å². The van der Waals surface area contributed by atoms with Crippen molar-refractivity contribution in [3.05, 3.63) is 0 Å². The number of ether oxygens (including phenoxy) is 1. The van der Waals surface area contributed by atoms with Crippen molar-refractivity contribution in [1.29, 1.82) is 0 Å². The first-order chi connectivity index (χ1) is 6.38. The Morgan fingerprint density at radius 2 is 1.93 bits per heavy atom. The minimum atomic E-state index is -0.765. The van der Waals surface area contributed by atoms with Gasteiger partial charge in [0.1, 0.15) is 5.78 Å². The number of rotatable bonds is 1. The van der Waals surface area contributed by atoms with E-state index in [1.807, 2.05) is 0 Å². The van der Waals surface area contributed by atoms with Crippen LogP contribution in [-0.4, -0.2) is 34.8 Å². The van der Waals surface area contributed by atoms with Crippen LogP contribution in [0.2, 0.25) is 0 Å². The molecule has 0 saturated carbocycles. The number of Topliss-reactive ketones (excluding diaryl/α,β-unsaturated/α-hetero) is 1. The molecule has 0 aromatic rings. The van der Waals surface area contributed by atoms with E-state index in [4.69, 9.17) is 4.74 Å². The van der Waals surface area contributed by atoms with Gasteiger partial charge in [-0.3, -0.25) is 4.79 Å². The molecule has 1 fully saturated rings. The summed E-state index contributed by atoms with van der Waals surface area (Å²) in [7, 11) is 0. The minimum absolute atomic E-state index is 0.208. The number of hydrogen-bond donors (Lipinski definition) is 1. The smallest absolute Gasteiger partial charge is 0.411 e. The zero-order valence-corrected chi connectivity index (χ0v) is 9.34. The molecule has 1 rings (SSSR count). The number of carbonyl (C=O) groups excluding carboxylic acids is 2. The predicted octanol–water partition coefficient (Wildman–Crippen LogP) is 1.45. The number of amides is 1. The Morgan fingerprint density at radius 1 is 1.43 bits per heavy atom. The van der Waals surface area contributed by atoms with Gasteiger partial charge < -0.3 is 9.64 Å². The summed E-state index contributed by atoms with van der Waals surface area (Å²) in [5, 5.41) is 0. The Bertz CT molecular complexity index is 237. The van der Waals surface area contributed by atoms with Crippen molar-refractivity contribution < 1.29 is 14.3 Å². The first kappa shape index (κ1) is 11.4. The van der Waals surface area contributed by atoms with Gasteiger partial charge in [-0.25, -0.2) is 4.79 Å². The zero-order valence-electron chi connectivity index (χ0n) is 8.45. The molecular weight excluding hydrogens is 202 g/mol. The molecule has 0 N–H and O–H groups in total. The lowest BCUT2D eigenvalue weighted by molar-refractivity contribution is -0.121. The summed E-state index contributed by atoms with van der Waals surface area (Å²) in [5.74, 6) is 0.208. The van der Waals surface area contributed by atoms with E-state index in [1.54, 1.807) is 18.7 Å². The van der Waals surface area contributed by atoms with Crippen LogP contribution in [0.15, 0.2) is 0 Å². The largest absolute Gasteiger partial charge is 0.433 e. The van der Waals surface area contributed by atoms with Gasteiger partial charge in [-0.05, 0) is 13.8 Å². The molecule has 4 nitrogen and oxygen atoms in total. The first-order valence-electron chi connectivity index (χ1n) is 4.60. The molecule has 0 bridgehead atoms. The molecule has 0 aromatic heterocycles. The molecule has 5 heteroatoms. The quantitative estimate of drug-likeness (QED) is 0.534. The van der Waals surface area contributed by atoms with Crippen LogP contribution in [-0.2, 0) is 9.53 Å². The fourth-order valence-electron chi connectivity index (χ4n) is 1.22. The first-order valence-corrected chi connectivity index (χ1v) is 5.05. The Morgan fingerprint density at radius 3 is 2.36 bits per heavy atom. The number of piperidine rings is 1. The second-order valence-corrected chi connectivity index (χ2v) is 4.92. The lowest BCUT2D eigenvalue weighted by Gasteiger charge is -2.28. The van der Waals surface area contributed by atoms with E-state index in [2.05, 4.69) is 12.6 Å². The van der Waals surface area contributed by atoms with Gasteiger partial charge in [-0.2, -0.15) is 0 Å². The van der Waals surface area contributed by atoms with E-state index >= 15 is 0 Å². The van der Waals surface area contributed by atoms with Crippen molar-refractivity contribution >= 4 is 24.5 Å². The van der Waals surface area contributed by atoms with Crippen LogP contribution in [0, 0.1) is 0 Å². The highest BCUT2D eigenvalue weighted by Crippen LogP contribution is 2.17. The third kappa shape index (κ3) is 3.57. The average molecular weight is 217 g/mol. The van der Waals surface area contributed by atoms with E-state index < -0.39 is 11.0 Å². The normalized spacial score (nSPS) is 18.2. The van der Waals surface area contributed by atoms with Crippen LogP contribution in [0.4, 0.5) is 4.79 Å². The summed E-state index contributed by atoms with van der Waals surface area (Å²) in [6.45, 7) is 4.31. The van der Waals surface area contributed by atoms with E-state index in [0.29, 0.717) is 25.9 Å². The fourth-order valence-corrected chi connectivity index (χ4v) is 1.30. The second kappa shape index (κ2) is 4.21. The van der Waals surface area contributed by atoms with Crippen LogP contribution in [0.1, 0.15) is 26.7 Å². The van der Waals surface area contributed by atoms with Crippen LogP contribution >= 0.6 is 12.6 Å². The number of hydrogen-bond acceptors (Lipinski definition) is 4. The Kier molecular flexibility index (Phi) is 3.42. The second-order valence-electron chi connectivity index (χ2n) is 3.84. The lowest BCUT2D eigenvalue weighted by Crippen LogP contribution is -2.41. The molecule has 0 aliphatic carbocycles. The van der Waals surface area contributed by atoms with Crippen LogP contribution in [0.5, 0.6) is 0 Å². The average Bonchev–Trinajstić information content (AvgIpc) is 2.02. The molecule has 0 atom stereocenters. The molecule has 1 amide bonds. The summed E-state index contributed by atoms with van der Waals surface area (Å²) in [4.78, 5) is 23.2.